The first kappa shape index (κ1) is 17.3. The number of benzene rings is 1. The number of amides is 1. The first-order valence-corrected chi connectivity index (χ1v) is 7.04. The predicted octanol–water partition coefficient (Wildman–Crippen LogP) is 4.27. The fraction of sp³-hybridized carbons (Fsp3) is 0.467. The fourth-order valence-electron chi connectivity index (χ4n) is 1.84. The molecule has 21 heavy (non-hydrogen) atoms. The van der Waals surface area contributed by atoms with Crippen molar-refractivity contribution in [2.24, 2.45) is 0 Å². The Morgan fingerprint density at radius 2 is 2.00 bits per heavy atom. The molecule has 5 nitrogen and oxygen atoms in total. The maximum atomic E-state index is 11.7. The molecule has 0 aliphatic carbocycles. The van der Waals surface area contributed by atoms with Crippen LogP contribution in [0.1, 0.15) is 45.6 Å². The molecule has 6 heteroatoms. The van der Waals surface area contributed by atoms with Crippen molar-refractivity contribution in [3.63, 3.8) is 0 Å². The second kappa shape index (κ2) is 6.80. The lowest BCUT2D eigenvalue weighted by Crippen LogP contribution is -2.27. The number of ether oxygens (including phenoxy) is 1. The Bertz CT molecular complexity index is 537. The van der Waals surface area contributed by atoms with Gasteiger partial charge in [0.1, 0.15) is 5.60 Å². The molecule has 1 rings (SSSR count). The first-order chi connectivity index (χ1) is 9.64. The van der Waals surface area contributed by atoms with Gasteiger partial charge in [-0.3, -0.25) is 10.1 Å². The average Bonchev–Trinajstić information content (AvgIpc) is 2.29. The minimum atomic E-state index is -0.924. The molecule has 0 aromatic heterocycles. The molecule has 0 bridgehead atoms. The highest BCUT2D eigenvalue weighted by molar-refractivity contribution is 6.32. The van der Waals surface area contributed by atoms with Gasteiger partial charge in [0, 0.05) is 10.7 Å². The molecule has 0 spiro atoms. The molecular formula is C15H20ClNO4. The maximum Gasteiger partial charge on any atom is 0.412 e. The van der Waals surface area contributed by atoms with Gasteiger partial charge in [0.2, 0.25) is 0 Å². The van der Waals surface area contributed by atoms with Crippen LogP contribution in [0.25, 0.3) is 0 Å². The molecule has 0 fully saturated rings. The molecule has 0 aliphatic rings. The summed E-state index contributed by atoms with van der Waals surface area (Å²) in [5.74, 6) is -1.58. The second-order valence-corrected chi connectivity index (χ2v) is 6.07. The summed E-state index contributed by atoms with van der Waals surface area (Å²) >= 11 is 6.11. The van der Waals surface area contributed by atoms with Crippen LogP contribution >= 0.6 is 11.6 Å². The molecule has 0 saturated carbocycles. The van der Waals surface area contributed by atoms with E-state index in [1.54, 1.807) is 39.8 Å². The Labute approximate surface area is 129 Å². The number of carboxylic acids is 1. The van der Waals surface area contributed by atoms with Crippen LogP contribution in [-0.4, -0.2) is 22.8 Å². The van der Waals surface area contributed by atoms with Crippen molar-refractivity contribution in [1.82, 2.24) is 0 Å². The topological polar surface area (TPSA) is 75.6 Å². The molecule has 116 valence electrons. The summed E-state index contributed by atoms with van der Waals surface area (Å²) < 4.78 is 5.13. The number of anilines is 1. The van der Waals surface area contributed by atoms with E-state index >= 15 is 0 Å². The van der Waals surface area contributed by atoms with Gasteiger partial charge >= 0.3 is 12.1 Å². The Morgan fingerprint density at radius 3 is 2.43 bits per heavy atom. The third kappa shape index (κ3) is 5.27. The van der Waals surface area contributed by atoms with E-state index in [1.165, 1.54) is 6.07 Å². The van der Waals surface area contributed by atoms with Crippen molar-refractivity contribution in [3.8, 4) is 0 Å². The lowest BCUT2D eigenvalue weighted by molar-refractivity contribution is -0.138. The van der Waals surface area contributed by atoms with E-state index in [0.717, 1.165) is 0 Å². The third-order valence-electron chi connectivity index (χ3n) is 2.73. The van der Waals surface area contributed by atoms with Crippen molar-refractivity contribution >= 4 is 29.4 Å². The van der Waals surface area contributed by atoms with Crippen LogP contribution in [0.3, 0.4) is 0 Å². The number of aliphatic carboxylic acids is 1. The SMILES string of the molecule is CCC(C(=O)O)c1ccc(NC(=O)OC(C)(C)C)cc1Cl. The van der Waals surface area contributed by atoms with Crippen LogP contribution in [-0.2, 0) is 9.53 Å². The summed E-state index contributed by atoms with van der Waals surface area (Å²) in [5, 5.41) is 12.0. The Morgan fingerprint density at radius 1 is 1.38 bits per heavy atom. The van der Waals surface area contributed by atoms with Gasteiger partial charge < -0.3 is 9.84 Å². The molecule has 0 heterocycles. The molecule has 0 aliphatic heterocycles. The largest absolute Gasteiger partial charge is 0.481 e. The average molecular weight is 314 g/mol. The molecule has 0 saturated heterocycles. The molecule has 1 unspecified atom stereocenters. The van der Waals surface area contributed by atoms with Crippen molar-refractivity contribution < 1.29 is 19.4 Å². The van der Waals surface area contributed by atoms with E-state index in [0.29, 0.717) is 22.7 Å². The second-order valence-electron chi connectivity index (χ2n) is 5.66. The van der Waals surface area contributed by atoms with E-state index in [9.17, 15) is 9.59 Å². The number of nitrogens with one attached hydrogen (secondary N) is 1. The smallest absolute Gasteiger partial charge is 0.412 e. The highest BCUT2D eigenvalue weighted by atomic mass is 35.5. The van der Waals surface area contributed by atoms with Gasteiger partial charge in [0.15, 0.2) is 0 Å². The number of carbonyl (C=O) groups is 2. The fourth-order valence-corrected chi connectivity index (χ4v) is 2.15. The van der Waals surface area contributed by atoms with E-state index < -0.39 is 23.6 Å². The molecular weight excluding hydrogens is 294 g/mol. The van der Waals surface area contributed by atoms with Gasteiger partial charge in [-0.1, -0.05) is 24.6 Å². The van der Waals surface area contributed by atoms with Crippen LogP contribution in [0.2, 0.25) is 5.02 Å². The first-order valence-electron chi connectivity index (χ1n) is 6.66. The summed E-state index contributed by atoms with van der Waals surface area (Å²) in [5.41, 5.74) is 0.393. The van der Waals surface area contributed by atoms with Crippen LogP contribution in [0.15, 0.2) is 18.2 Å². The summed E-state index contributed by atoms with van der Waals surface area (Å²) in [7, 11) is 0. The Kier molecular flexibility index (Phi) is 5.61. The molecule has 0 radical (unpaired) electrons. The van der Waals surface area contributed by atoms with E-state index in [2.05, 4.69) is 5.32 Å². The lowest BCUT2D eigenvalue weighted by Gasteiger charge is -2.20. The van der Waals surface area contributed by atoms with Crippen molar-refractivity contribution in [2.45, 2.75) is 45.6 Å². The zero-order chi connectivity index (χ0) is 16.2. The monoisotopic (exact) mass is 313 g/mol. The summed E-state index contributed by atoms with van der Waals surface area (Å²) in [4.78, 5) is 22.8. The zero-order valence-corrected chi connectivity index (χ0v) is 13.3. The molecule has 1 atom stereocenters. The maximum absolute atomic E-state index is 11.7. The van der Waals surface area contributed by atoms with Gasteiger partial charge in [-0.15, -0.1) is 0 Å². The van der Waals surface area contributed by atoms with Gasteiger partial charge in [-0.2, -0.15) is 0 Å². The van der Waals surface area contributed by atoms with Crippen LogP contribution in [0.5, 0.6) is 0 Å². The number of rotatable bonds is 4. The minimum Gasteiger partial charge on any atom is -0.481 e. The molecule has 1 amide bonds. The Balaban J connectivity index is 2.88. The number of halogens is 1. The normalized spacial score (nSPS) is 12.6. The van der Waals surface area contributed by atoms with E-state index in [-0.39, 0.29) is 0 Å². The summed E-state index contributed by atoms with van der Waals surface area (Å²) in [6.45, 7) is 7.08. The standard InChI is InChI=1S/C15H20ClNO4/c1-5-10(13(18)19)11-7-6-9(8-12(11)16)17-14(20)21-15(2,3)4/h6-8,10H,5H2,1-4H3,(H,17,20)(H,18,19). The van der Waals surface area contributed by atoms with Crippen molar-refractivity contribution in [3.05, 3.63) is 28.8 Å². The Hall–Kier alpha value is -1.75. The van der Waals surface area contributed by atoms with Crippen LogP contribution in [0, 0.1) is 0 Å². The summed E-state index contributed by atoms with van der Waals surface area (Å²) in [6, 6.07) is 4.74. The molecule has 2 N–H and O–H groups in total. The molecule has 1 aromatic carbocycles. The van der Waals surface area contributed by atoms with E-state index in [1.807, 2.05) is 0 Å². The summed E-state index contributed by atoms with van der Waals surface area (Å²) in [6.07, 6.45) is -0.148. The highest BCUT2D eigenvalue weighted by Gasteiger charge is 2.21. The minimum absolute atomic E-state index is 0.304. The predicted molar refractivity (Wildman–Crippen MR) is 82.0 cm³/mol. The lowest BCUT2D eigenvalue weighted by atomic mass is 9.96. The number of carbonyl (C=O) groups excluding carboxylic acids is 1. The van der Waals surface area contributed by atoms with Crippen LogP contribution < -0.4 is 5.32 Å². The van der Waals surface area contributed by atoms with Gasteiger partial charge in [-0.05, 0) is 44.9 Å². The van der Waals surface area contributed by atoms with Gasteiger partial charge in [0.25, 0.3) is 0 Å². The highest BCUT2D eigenvalue weighted by Crippen LogP contribution is 2.30. The number of carboxylic acid groups (broad SMARTS) is 1. The quantitative estimate of drug-likeness (QED) is 0.870. The van der Waals surface area contributed by atoms with Crippen LogP contribution in [0.4, 0.5) is 10.5 Å². The van der Waals surface area contributed by atoms with Gasteiger partial charge in [-0.25, -0.2) is 4.79 Å². The molecule has 1 aromatic rings. The number of hydrogen-bond acceptors (Lipinski definition) is 3. The third-order valence-corrected chi connectivity index (χ3v) is 3.05. The van der Waals surface area contributed by atoms with E-state index in [4.69, 9.17) is 21.4 Å². The number of hydrogen-bond donors (Lipinski definition) is 2. The van der Waals surface area contributed by atoms with Crippen molar-refractivity contribution in [2.75, 3.05) is 5.32 Å². The zero-order valence-electron chi connectivity index (χ0n) is 12.6. The van der Waals surface area contributed by atoms with Gasteiger partial charge in [0.05, 0.1) is 5.92 Å². The van der Waals surface area contributed by atoms with Crippen molar-refractivity contribution in [1.29, 1.82) is 0 Å².